The van der Waals surface area contributed by atoms with Crippen LogP contribution in [0.5, 0.6) is 5.75 Å². The molecule has 1 atom stereocenters. The molecule has 0 amide bonds. The van der Waals surface area contributed by atoms with Gasteiger partial charge in [-0.2, -0.15) is 0 Å². The molecule has 1 unspecified atom stereocenters. The van der Waals surface area contributed by atoms with E-state index in [9.17, 15) is 0 Å². The van der Waals surface area contributed by atoms with Gasteiger partial charge in [-0.15, -0.1) is 0 Å². The fourth-order valence-corrected chi connectivity index (χ4v) is 3.97. The van der Waals surface area contributed by atoms with Crippen molar-refractivity contribution in [2.75, 3.05) is 5.73 Å². The Balaban J connectivity index is 1.56. The largest absolute Gasteiger partial charge is 0.487 e. The Morgan fingerprint density at radius 1 is 0.844 bits per heavy atom. The van der Waals surface area contributed by atoms with Crippen molar-refractivity contribution >= 4 is 5.82 Å². The number of rotatable bonds is 7. The predicted molar refractivity (Wildman–Crippen MR) is 130 cm³/mol. The van der Waals surface area contributed by atoms with Crippen molar-refractivity contribution in [3.63, 3.8) is 0 Å². The van der Waals surface area contributed by atoms with E-state index in [4.69, 9.17) is 10.5 Å². The van der Waals surface area contributed by atoms with Crippen LogP contribution in [-0.4, -0.2) is 9.97 Å². The van der Waals surface area contributed by atoms with Gasteiger partial charge in [0.25, 0.3) is 0 Å². The molecule has 0 spiro atoms. The van der Waals surface area contributed by atoms with Crippen LogP contribution in [0.1, 0.15) is 37.6 Å². The van der Waals surface area contributed by atoms with Crippen molar-refractivity contribution in [2.45, 2.75) is 32.8 Å². The van der Waals surface area contributed by atoms with Crippen LogP contribution >= 0.6 is 0 Å². The fraction of sp³-hybridized carbons (Fsp3) is 0.214. The van der Waals surface area contributed by atoms with E-state index in [-0.39, 0.29) is 5.41 Å². The molecule has 4 rings (SSSR count). The molecule has 4 heteroatoms. The molecule has 2 aromatic heterocycles. The second-order valence-corrected chi connectivity index (χ2v) is 8.52. The molecule has 162 valence electrons. The first-order valence-electron chi connectivity index (χ1n) is 10.9. The van der Waals surface area contributed by atoms with Crippen LogP contribution in [0.2, 0.25) is 0 Å². The maximum Gasteiger partial charge on any atom is 0.130 e. The van der Waals surface area contributed by atoms with Crippen LogP contribution in [0.3, 0.4) is 0 Å². The molecule has 0 fully saturated rings. The number of hydrogen-bond acceptors (Lipinski definition) is 4. The van der Waals surface area contributed by atoms with Crippen LogP contribution in [0.15, 0.2) is 91.1 Å². The number of nitrogens with two attached hydrogens (primary N) is 1. The number of benzene rings is 2. The van der Waals surface area contributed by atoms with Gasteiger partial charge in [-0.25, -0.2) is 4.98 Å². The Bertz CT molecular complexity index is 1160. The van der Waals surface area contributed by atoms with Gasteiger partial charge in [0.2, 0.25) is 0 Å². The standard InChI is InChI=1S/C28H29N3O/c1-20(2)28(3,22-12-10-21(11-13-22)26-8-6-9-27(29)31-26)23-14-16-25(17-15-23)32-19-24-7-4-5-18-30-24/h4-18,20H,19H2,1-3H3,(H2,29,31). The monoisotopic (exact) mass is 423 g/mol. The van der Waals surface area contributed by atoms with Crippen LogP contribution in [0, 0.1) is 5.92 Å². The number of ether oxygens (including phenoxy) is 1. The lowest BCUT2D eigenvalue weighted by atomic mass is 9.68. The Labute approximate surface area is 190 Å². The number of anilines is 1. The van der Waals surface area contributed by atoms with Crippen molar-refractivity contribution in [3.8, 4) is 17.0 Å². The summed E-state index contributed by atoms with van der Waals surface area (Å²) >= 11 is 0. The molecular weight excluding hydrogens is 394 g/mol. The first-order chi connectivity index (χ1) is 15.5. The number of aromatic nitrogens is 2. The van der Waals surface area contributed by atoms with Gasteiger partial charge in [-0.3, -0.25) is 4.98 Å². The maximum atomic E-state index is 5.92. The smallest absolute Gasteiger partial charge is 0.130 e. The Morgan fingerprint density at radius 2 is 1.53 bits per heavy atom. The molecule has 0 aliphatic heterocycles. The summed E-state index contributed by atoms with van der Waals surface area (Å²) < 4.78 is 5.92. The minimum Gasteiger partial charge on any atom is -0.487 e. The van der Waals surface area contributed by atoms with E-state index in [1.807, 2.05) is 42.5 Å². The molecule has 0 saturated heterocycles. The van der Waals surface area contributed by atoms with Crippen molar-refractivity contribution in [1.29, 1.82) is 0 Å². The third-order valence-corrected chi connectivity index (χ3v) is 6.27. The normalized spacial score (nSPS) is 13.0. The SMILES string of the molecule is CC(C)C(C)(c1ccc(OCc2ccccn2)cc1)c1ccc(-c2cccc(N)n2)cc1. The molecule has 2 N–H and O–H groups in total. The molecule has 2 heterocycles. The van der Waals surface area contributed by atoms with Crippen LogP contribution in [0.25, 0.3) is 11.3 Å². The lowest BCUT2D eigenvalue weighted by Crippen LogP contribution is -2.30. The van der Waals surface area contributed by atoms with Gasteiger partial charge in [0.15, 0.2) is 0 Å². The van der Waals surface area contributed by atoms with Gasteiger partial charge in [0.05, 0.1) is 11.4 Å². The predicted octanol–water partition coefficient (Wildman–Crippen LogP) is 6.27. The summed E-state index contributed by atoms with van der Waals surface area (Å²) in [5.41, 5.74) is 11.1. The highest BCUT2D eigenvalue weighted by Crippen LogP contribution is 2.40. The molecule has 0 saturated carbocycles. The zero-order valence-corrected chi connectivity index (χ0v) is 18.8. The fourth-order valence-electron chi connectivity index (χ4n) is 3.97. The highest BCUT2D eigenvalue weighted by atomic mass is 16.5. The van der Waals surface area contributed by atoms with Gasteiger partial charge in [-0.05, 0) is 53.4 Å². The number of hydrogen-bond donors (Lipinski definition) is 1. The highest BCUT2D eigenvalue weighted by molar-refractivity contribution is 5.62. The topological polar surface area (TPSA) is 61.0 Å². The average molecular weight is 424 g/mol. The van der Waals surface area contributed by atoms with Gasteiger partial charge in [0, 0.05) is 17.2 Å². The summed E-state index contributed by atoms with van der Waals surface area (Å²) in [5.74, 6) is 1.77. The maximum absolute atomic E-state index is 5.92. The molecule has 0 radical (unpaired) electrons. The lowest BCUT2D eigenvalue weighted by Gasteiger charge is -2.35. The number of pyridine rings is 2. The minimum absolute atomic E-state index is 0.138. The first-order valence-corrected chi connectivity index (χ1v) is 10.9. The van der Waals surface area contributed by atoms with E-state index in [0.717, 1.165) is 22.7 Å². The molecule has 4 nitrogen and oxygen atoms in total. The number of nitrogens with zero attached hydrogens (tertiary/aromatic N) is 2. The molecule has 32 heavy (non-hydrogen) atoms. The highest BCUT2D eigenvalue weighted by Gasteiger charge is 2.32. The Hall–Kier alpha value is -3.66. The van der Waals surface area contributed by atoms with Crippen LogP contribution in [-0.2, 0) is 12.0 Å². The molecule has 0 aliphatic carbocycles. The van der Waals surface area contributed by atoms with E-state index in [1.54, 1.807) is 12.3 Å². The summed E-state index contributed by atoms with van der Waals surface area (Å²) in [7, 11) is 0. The summed E-state index contributed by atoms with van der Waals surface area (Å²) in [6.45, 7) is 7.29. The summed E-state index contributed by atoms with van der Waals surface area (Å²) in [6, 6.07) is 28.6. The van der Waals surface area contributed by atoms with Gasteiger partial charge in [-0.1, -0.05) is 69.3 Å². The van der Waals surface area contributed by atoms with E-state index in [1.165, 1.54) is 11.1 Å². The molecule has 2 aromatic carbocycles. The van der Waals surface area contributed by atoms with Crippen molar-refractivity contribution in [1.82, 2.24) is 9.97 Å². The quantitative estimate of drug-likeness (QED) is 0.381. The van der Waals surface area contributed by atoms with Crippen LogP contribution < -0.4 is 10.5 Å². The molecule has 0 aliphatic rings. The lowest BCUT2D eigenvalue weighted by molar-refractivity contribution is 0.301. The minimum atomic E-state index is -0.138. The second kappa shape index (κ2) is 9.23. The summed E-state index contributed by atoms with van der Waals surface area (Å²) in [6.07, 6.45) is 1.78. The van der Waals surface area contributed by atoms with Gasteiger partial charge < -0.3 is 10.5 Å². The molecular formula is C28H29N3O. The molecule has 0 bridgehead atoms. The average Bonchev–Trinajstić information content (AvgIpc) is 2.83. The zero-order chi connectivity index (χ0) is 22.6. The summed E-state index contributed by atoms with van der Waals surface area (Å²) in [4.78, 5) is 8.75. The van der Waals surface area contributed by atoms with Crippen molar-refractivity contribution in [2.24, 2.45) is 5.92 Å². The third-order valence-electron chi connectivity index (χ3n) is 6.27. The van der Waals surface area contributed by atoms with E-state index in [0.29, 0.717) is 18.3 Å². The Kier molecular flexibility index (Phi) is 6.22. The number of nitrogen functional groups attached to an aromatic ring is 1. The summed E-state index contributed by atoms with van der Waals surface area (Å²) in [5, 5.41) is 0. The van der Waals surface area contributed by atoms with E-state index >= 15 is 0 Å². The first kappa shape index (κ1) is 21.6. The van der Waals surface area contributed by atoms with E-state index < -0.39 is 0 Å². The Morgan fingerprint density at radius 3 is 2.12 bits per heavy atom. The zero-order valence-electron chi connectivity index (χ0n) is 18.8. The molecule has 4 aromatic rings. The van der Waals surface area contributed by atoms with Gasteiger partial charge in [0.1, 0.15) is 18.2 Å². The van der Waals surface area contributed by atoms with Crippen molar-refractivity contribution in [3.05, 3.63) is 108 Å². The van der Waals surface area contributed by atoms with E-state index in [2.05, 4.69) is 67.1 Å². The van der Waals surface area contributed by atoms with Crippen molar-refractivity contribution < 1.29 is 4.74 Å². The third kappa shape index (κ3) is 4.50. The second-order valence-electron chi connectivity index (χ2n) is 8.52. The van der Waals surface area contributed by atoms with Crippen LogP contribution in [0.4, 0.5) is 5.82 Å². The van der Waals surface area contributed by atoms with Gasteiger partial charge >= 0.3 is 0 Å².